The molecule has 0 aliphatic carbocycles. The Morgan fingerprint density at radius 1 is 0.939 bits per heavy atom. The number of benzene rings is 3. The fourth-order valence-corrected chi connectivity index (χ4v) is 5.03. The maximum absolute atomic E-state index is 13.9. The van der Waals surface area contributed by atoms with Crippen molar-refractivity contribution >= 4 is 28.2 Å². The summed E-state index contributed by atoms with van der Waals surface area (Å²) in [4.78, 5) is 38.9. The molecule has 2 aliphatic heterocycles. The van der Waals surface area contributed by atoms with E-state index in [4.69, 9.17) is 4.99 Å². The first-order valence-electron chi connectivity index (χ1n) is 11.1. The van der Waals surface area contributed by atoms with E-state index in [0.717, 1.165) is 40.1 Å². The number of rotatable bonds is 2. The highest BCUT2D eigenvalue weighted by Crippen LogP contribution is 2.39. The average molecular weight is 434 g/mol. The Labute approximate surface area is 190 Å². The summed E-state index contributed by atoms with van der Waals surface area (Å²) in [6, 6.07) is 21.3. The lowest BCUT2D eigenvalue weighted by Gasteiger charge is -2.23. The molecule has 4 aromatic rings. The number of carbonyl (C=O) groups excluding carboxylic acids is 1. The predicted molar refractivity (Wildman–Crippen MR) is 129 cm³/mol. The summed E-state index contributed by atoms with van der Waals surface area (Å²) in [6.45, 7) is 4.40. The summed E-state index contributed by atoms with van der Waals surface area (Å²) in [5.41, 5.74) is 6.11. The third kappa shape index (κ3) is 2.94. The third-order valence-electron chi connectivity index (χ3n) is 6.48. The maximum atomic E-state index is 13.9. The van der Waals surface area contributed by atoms with E-state index in [2.05, 4.69) is 24.0 Å². The molecule has 162 valence electrons. The highest BCUT2D eigenvalue weighted by Gasteiger charge is 2.38. The van der Waals surface area contributed by atoms with E-state index in [9.17, 15) is 9.59 Å². The zero-order valence-electron chi connectivity index (χ0n) is 18.4. The van der Waals surface area contributed by atoms with E-state index in [0.29, 0.717) is 23.3 Å². The topological polar surface area (TPSA) is 67.6 Å². The molecule has 0 N–H and O–H groups in total. The molecular formula is C27H22N4O2. The van der Waals surface area contributed by atoms with Gasteiger partial charge in [-0.3, -0.25) is 14.2 Å². The Kier molecular flexibility index (Phi) is 4.30. The van der Waals surface area contributed by atoms with Crippen LogP contribution in [0.15, 0.2) is 76.5 Å². The maximum Gasteiger partial charge on any atom is 0.272 e. The van der Waals surface area contributed by atoms with Crippen LogP contribution < -0.4 is 10.5 Å². The van der Waals surface area contributed by atoms with Gasteiger partial charge < -0.3 is 4.90 Å². The van der Waals surface area contributed by atoms with Crippen molar-refractivity contribution < 1.29 is 4.79 Å². The second-order valence-electron chi connectivity index (χ2n) is 8.63. The van der Waals surface area contributed by atoms with Crippen LogP contribution in [0.1, 0.15) is 34.2 Å². The van der Waals surface area contributed by atoms with E-state index < -0.39 is 6.17 Å². The molecule has 0 fully saturated rings. The molecular weight excluding hydrogens is 412 g/mol. The minimum absolute atomic E-state index is 0.202. The highest BCUT2D eigenvalue weighted by molar-refractivity contribution is 6.20. The van der Waals surface area contributed by atoms with Gasteiger partial charge in [-0.1, -0.05) is 54.1 Å². The minimum atomic E-state index is -1.02. The zero-order valence-corrected chi connectivity index (χ0v) is 18.4. The summed E-state index contributed by atoms with van der Waals surface area (Å²) in [5.74, 6) is 0.266. The van der Waals surface area contributed by atoms with Crippen molar-refractivity contribution in [3.63, 3.8) is 0 Å². The minimum Gasteiger partial charge on any atom is -0.308 e. The van der Waals surface area contributed by atoms with Crippen LogP contribution in [-0.4, -0.2) is 27.7 Å². The van der Waals surface area contributed by atoms with Gasteiger partial charge in [-0.25, -0.2) is 9.98 Å². The quantitative estimate of drug-likeness (QED) is 0.480. The first-order chi connectivity index (χ1) is 16.0. The molecule has 3 aromatic carbocycles. The predicted octanol–water partition coefficient (Wildman–Crippen LogP) is 3.95. The monoisotopic (exact) mass is 434 g/mol. The van der Waals surface area contributed by atoms with E-state index in [1.165, 1.54) is 4.57 Å². The number of fused-ring (bicyclic) bond motifs is 1. The van der Waals surface area contributed by atoms with Gasteiger partial charge in [0.25, 0.3) is 11.5 Å². The Bertz CT molecular complexity index is 1540. The van der Waals surface area contributed by atoms with Gasteiger partial charge >= 0.3 is 0 Å². The Hall–Kier alpha value is -4.06. The van der Waals surface area contributed by atoms with Crippen LogP contribution in [0, 0.1) is 13.8 Å². The molecule has 0 saturated carbocycles. The largest absolute Gasteiger partial charge is 0.308 e. The Balaban J connectivity index is 1.67. The van der Waals surface area contributed by atoms with Gasteiger partial charge in [0, 0.05) is 17.7 Å². The lowest BCUT2D eigenvalue weighted by Crippen LogP contribution is -2.39. The van der Waals surface area contributed by atoms with Gasteiger partial charge in [-0.2, -0.15) is 0 Å². The molecule has 1 amide bonds. The van der Waals surface area contributed by atoms with Crippen LogP contribution in [-0.2, 0) is 11.2 Å². The summed E-state index contributed by atoms with van der Waals surface area (Å²) in [6.07, 6.45) is -0.238. The molecule has 1 atom stereocenters. The standard InChI is InChI=1S/C27H22N4O2/c1-16-14-19-12-13-30-24(19)21(15-16)23(18-8-4-3-5-9-18)29-25(27(30)33)31-17(2)28-22-11-7-6-10-20(22)26(31)32/h3-11,14-15,25H,12-13H2,1-2H3/t25-/m0/s1. The van der Waals surface area contributed by atoms with Gasteiger partial charge in [0.1, 0.15) is 5.82 Å². The molecule has 3 heterocycles. The van der Waals surface area contributed by atoms with E-state index in [1.54, 1.807) is 17.9 Å². The highest BCUT2D eigenvalue weighted by atomic mass is 16.2. The van der Waals surface area contributed by atoms with Crippen molar-refractivity contribution in [3.8, 4) is 0 Å². The van der Waals surface area contributed by atoms with Crippen LogP contribution >= 0.6 is 0 Å². The van der Waals surface area contributed by atoms with Crippen molar-refractivity contribution in [2.24, 2.45) is 4.99 Å². The molecule has 6 rings (SSSR count). The van der Waals surface area contributed by atoms with Gasteiger partial charge in [0.2, 0.25) is 6.17 Å². The van der Waals surface area contributed by atoms with Crippen LogP contribution in [0.5, 0.6) is 0 Å². The molecule has 0 saturated heterocycles. The Morgan fingerprint density at radius 2 is 1.70 bits per heavy atom. The molecule has 6 heteroatoms. The first-order valence-corrected chi connectivity index (χ1v) is 11.1. The zero-order chi connectivity index (χ0) is 22.7. The number of hydrogen-bond donors (Lipinski definition) is 0. The van der Waals surface area contributed by atoms with E-state index in [1.807, 2.05) is 48.5 Å². The molecule has 2 aliphatic rings. The van der Waals surface area contributed by atoms with Crippen LogP contribution in [0.2, 0.25) is 0 Å². The van der Waals surface area contributed by atoms with Gasteiger partial charge in [0.15, 0.2) is 0 Å². The van der Waals surface area contributed by atoms with Crippen molar-refractivity contribution in [3.05, 3.63) is 105 Å². The summed E-state index contributed by atoms with van der Waals surface area (Å²) in [7, 11) is 0. The second-order valence-corrected chi connectivity index (χ2v) is 8.63. The number of aryl methyl sites for hydroxylation is 2. The number of aliphatic imine (C=N–C) groups is 1. The SMILES string of the molecule is Cc1cc2c3c(c1)C(c1ccccc1)=N[C@@H](n1c(C)nc4ccccc4c1=O)C(=O)N3CC2. The molecule has 1 aromatic heterocycles. The number of hydrogen-bond acceptors (Lipinski definition) is 4. The Morgan fingerprint density at radius 3 is 2.52 bits per heavy atom. The van der Waals surface area contributed by atoms with Crippen LogP contribution in [0.4, 0.5) is 5.69 Å². The number of nitrogens with zero attached hydrogens (tertiary/aromatic N) is 4. The summed E-state index contributed by atoms with van der Waals surface area (Å²) >= 11 is 0. The van der Waals surface area contributed by atoms with Crippen molar-refractivity contribution in [2.45, 2.75) is 26.4 Å². The fourth-order valence-electron chi connectivity index (χ4n) is 5.03. The first kappa shape index (κ1) is 19.6. The number of anilines is 1. The summed E-state index contributed by atoms with van der Waals surface area (Å²) < 4.78 is 1.45. The molecule has 0 unspecified atom stereocenters. The molecule has 0 radical (unpaired) electrons. The van der Waals surface area contributed by atoms with Crippen LogP contribution in [0.25, 0.3) is 10.9 Å². The second kappa shape index (κ2) is 7.24. The molecule has 0 spiro atoms. The molecule has 33 heavy (non-hydrogen) atoms. The van der Waals surface area contributed by atoms with Crippen molar-refractivity contribution in [1.82, 2.24) is 9.55 Å². The third-order valence-corrected chi connectivity index (χ3v) is 6.48. The van der Waals surface area contributed by atoms with Crippen molar-refractivity contribution in [1.29, 1.82) is 0 Å². The van der Waals surface area contributed by atoms with E-state index >= 15 is 0 Å². The van der Waals surface area contributed by atoms with Crippen molar-refractivity contribution in [2.75, 3.05) is 11.4 Å². The van der Waals surface area contributed by atoms with Gasteiger partial charge in [0.05, 0.1) is 22.3 Å². The van der Waals surface area contributed by atoms with Gasteiger partial charge in [-0.15, -0.1) is 0 Å². The number of amides is 1. The summed E-state index contributed by atoms with van der Waals surface area (Å²) in [5, 5.41) is 0.479. The average Bonchev–Trinajstić information content (AvgIpc) is 3.20. The molecule has 0 bridgehead atoms. The number of carbonyl (C=O) groups is 1. The number of aromatic nitrogens is 2. The fraction of sp³-hybridized carbons (Fsp3) is 0.185. The lowest BCUT2D eigenvalue weighted by molar-refractivity contribution is -0.121. The molecule has 6 nitrogen and oxygen atoms in total. The smallest absolute Gasteiger partial charge is 0.272 e. The van der Waals surface area contributed by atoms with E-state index in [-0.39, 0.29) is 11.5 Å². The normalized spacial score (nSPS) is 17.2. The number of para-hydroxylation sites is 1. The van der Waals surface area contributed by atoms with Gasteiger partial charge in [-0.05, 0) is 44.0 Å². The lowest BCUT2D eigenvalue weighted by atomic mass is 9.96. The van der Waals surface area contributed by atoms with Crippen LogP contribution in [0.3, 0.4) is 0 Å².